The van der Waals surface area contributed by atoms with Crippen molar-refractivity contribution in [2.75, 3.05) is 5.73 Å². The monoisotopic (exact) mass is 219 g/mol. The third-order valence-corrected chi connectivity index (χ3v) is 1.84. The van der Waals surface area contributed by atoms with Crippen LogP contribution in [0.5, 0.6) is 17.4 Å². The lowest BCUT2D eigenvalue weighted by molar-refractivity contribution is 0.390. The number of nitrogens with two attached hydrogens (primary N) is 1. The summed E-state index contributed by atoms with van der Waals surface area (Å²) in [6, 6.07) is 8.58. The molecule has 0 aliphatic heterocycles. The van der Waals surface area contributed by atoms with E-state index in [2.05, 4.69) is 9.97 Å². The second-order valence-electron chi connectivity index (χ2n) is 3.02. The van der Waals surface area contributed by atoms with Crippen LogP contribution in [-0.4, -0.2) is 15.1 Å². The third kappa shape index (κ3) is 1.95. The number of ether oxygens (including phenoxy) is 1. The Balaban J connectivity index is 2.39. The van der Waals surface area contributed by atoms with Gasteiger partial charge in [0.25, 0.3) is 17.2 Å². The highest BCUT2D eigenvalue weighted by molar-refractivity contribution is 5.38. The molecule has 0 saturated carbocycles. The Bertz CT molecular complexity index is 551. The molecule has 0 radical (unpaired) electrons. The number of nitrogens with zero attached hydrogens (tertiary/aromatic N) is 1. The van der Waals surface area contributed by atoms with E-state index in [1.54, 1.807) is 30.3 Å². The number of anilines is 1. The molecule has 16 heavy (non-hydrogen) atoms. The summed E-state index contributed by atoms with van der Waals surface area (Å²) in [6.45, 7) is 0. The number of rotatable bonds is 2. The smallest absolute Gasteiger partial charge is 0.299 e. The molecule has 6 nitrogen and oxygen atoms in total. The fraction of sp³-hybridized carbons (Fsp3) is 0. The largest absolute Gasteiger partial charge is 0.490 e. The summed E-state index contributed by atoms with van der Waals surface area (Å²) in [6.07, 6.45) is 0. The molecule has 0 amide bonds. The van der Waals surface area contributed by atoms with Crippen LogP contribution in [0.2, 0.25) is 0 Å². The number of hydrogen-bond acceptors (Lipinski definition) is 5. The van der Waals surface area contributed by atoms with Crippen molar-refractivity contribution < 1.29 is 9.84 Å². The Morgan fingerprint density at radius 1 is 1.31 bits per heavy atom. The minimum Gasteiger partial charge on any atom is -0.490 e. The van der Waals surface area contributed by atoms with Gasteiger partial charge in [0, 0.05) is 0 Å². The van der Waals surface area contributed by atoms with Crippen LogP contribution < -0.4 is 16.0 Å². The van der Waals surface area contributed by atoms with Gasteiger partial charge in [-0.2, -0.15) is 4.98 Å². The molecular formula is C10H9N3O3. The third-order valence-electron chi connectivity index (χ3n) is 1.84. The van der Waals surface area contributed by atoms with Gasteiger partial charge in [-0.15, -0.1) is 0 Å². The molecule has 0 fully saturated rings. The van der Waals surface area contributed by atoms with Gasteiger partial charge in [-0.3, -0.25) is 9.78 Å². The zero-order chi connectivity index (χ0) is 11.5. The first-order valence-corrected chi connectivity index (χ1v) is 4.48. The normalized spacial score (nSPS) is 10.0. The van der Waals surface area contributed by atoms with Crippen LogP contribution in [0.15, 0.2) is 35.1 Å². The van der Waals surface area contributed by atoms with E-state index in [1.165, 1.54) is 0 Å². The van der Waals surface area contributed by atoms with Crippen LogP contribution in [0, 0.1) is 0 Å². The number of para-hydroxylation sites is 1. The molecule has 0 saturated heterocycles. The van der Waals surface area contributed by atoms with E-state index in [9.17, 15) is 9.90 Å². The van der Waals surface area contributed by atoms with E-state index in [1.807, 2.05) is 0 Å². The summed E-state index contributed by atoms with van der Waals surface area (Å²) < 4.78 is 5.18. The van der Waals surface area contributed by atoms with Gasteiger partial charge < -0.3 is 15.6 Å². The molecule has 0 aliphatic carbocycles. The SMILES string of the molecule is Nc1nc(O)c(Oc2ccccc2)c(=O)[nH]1. The van der Waals surface area contributed by atoms with Gasteiger partial charge in [0.05, 0.1) is 0 Å². The number of hydrogen-bond donors (Lipinski definition) is 3. The Kier molecular flexibility index (Phi) is 2.47. The zero-order valence-corrected chi connectivity index (χ0v) is 8.18. The lowest BCUT2D eigenvalue weighted by Gasteiger charge is -2.05. The highest BCUT2D eigenvalue weighted by Crippen LogP contribution is 2.24. The van der Waals surface area contributed by atoms with Gasteiger partial charge in [-0.25, -0.2) is 0 Å². The Labute approximate surface area is 90.3 Å². The maximum atomic E-state index is 11.4. The molecule has 0 spiro atoms. The molecule has 1 aromatic heterocycles. The highest BCUT2D eigenvalue weighted by atomic mass is 16.5. The lowest BCUT2D eigenvalue weighted by atomic mass is 10.3. The van der Waals surface area contributed by atoms with Gasteiger partial charge in [0.2, 0.25) is 5.95 Å². The number of nitrogens with one attached hydrogen (secondary N) is 1. The fourth-order valence-electron chi connectivity index (χ4n) is 1.17. The van der Waals surface area contributed by atoms with E-state index in [0.29, 0.717) is 5.75 Å². The van der Waals surface area contributed by atoms with Gasteiger partial charge >= 0.3 is 0 Å². The van der Waals surface area contributed by atoms with E-state index >= 15 is 0 Å². The summed E-state index contributed by atoms with van der Waals surface area (Å²) in [5.74, 6) is -0.553. The molecule has 6 heteroatoms. The van der Waals surface area contributed by atoms with Gasteiger partial charge in [-0.05, 0) is 12.1 Å². The second kappa shape index (κ2) is 3.93. The van der Waals surface area contributed by atoms with E-state index in [0.717, 1.165) is 0 Å². The first-order chi connectivity index (χ1) is 7.66. The van der Waals surface area contributed by atoms with Crippen molar-refractivity contribution >= 4 is 5.95 Å². The molecular weight excluding hydrogens is 210 g/mol. The van der Waals surface area contributed by atoms with Crippen molar-refractivity contribution in [2.24, 2.45) is 0 Å². The van der Waals surface area contributed by atoms with Gasteiger partial charge in [-0.1, -0.05) is 18.2 Å². The van der Waals surface area contributed by atoms with Crippen molar-refractivity contribution in [2.45, 2.75) is 0 Å². The lowest BCUT2D eigenvalue weighted by Crippen LogP contribution is -2.12. The summed E-state index contributed by atoms with van der Waals surface area (Å²) >= 11 is 0. The first kappa shape index (κ1) is 10.0. The summed E-state index contributed by atoms with van der Waals surface area (Å²) in [5, 5.41) is 9.40. The van der Waals surface area contributed by atoms with E-state index in [-0.39, 0.29) is 11.7 Å². The molecule has 4 N–H and O–H groups in total. The molecule has 2 aromatic rings. The molecule has 0 unspecified atom stereocenters. The summed E-state index contributed by atoms with van der Waals surface area (Å²) in [7, 11) is 0. The predicted molar refractivity (Wildman–Crippen MR) is 57.5 cm³/mol. The maximum Gasteiger partial charge on any atom is 0.299 e. The molecule has 1 heterocycles. The Morgan fingerprint density at radius 3 is 2.62 bits per heavy atom. The number of benzene rings is 1. The van der Waals surface area contributed by atoms with Crippen LogP contribution in [0.4, 0.5) is 5.95 Å². The van der Waals surface area contributed by atoms with Crippen LogP contribution in [0.1, 0.15) is 0 Å². The number of H-pyrrole nitrogens is 1. The minimum absolute atomic E-state index is 0.164. The standard InChI is InChI=1S/C10H9N3O3/c11-10-12-8(14)7(9(15)13-10)16-6-4-2-1-3-5-6/h1-5H,(H4,11,12,13,14,15). The average molecular weight is 219 g/mol. The van der Waals surface area contributed by atoms with Crippen molar-refractivity contribution in [3.63, 3.8) is 0 Å². The van der Waals surface area contributed by atoms with Crippen LogP contribution in [0.3, 0.4) is 0 Å². The number of aromatic nitrogens is 2. The van der Waals surface area contributed by atoms with Crippen molar-refractivity contribution in [3.05, 3.63) is 40.7 Å². The highest BCUT2D eigenvalue weighted by Gasteiger charge is 2.11. The minimum atomic E-state index is -0.631. The molecule has 0 bridgehead atoms. The van der Waals surface area contributed by atoms with Gasteiger partial charge in [0.15, 0.2) is 0 Å². The first-order valence-electron chi connectivity index (χ1n) is 4.48. The Morgan fingerprint density at radius 2 is 2.00 bits per heavy atom. The van der Waals surface area contributed by atoms with Crippen LogP contribution in [-0.2, 0) is 0 Å². The molecule has 2 rings (SSSR count). The van der Waals surface area contributed by atoms with Crippen LogP contribution in [0.25, 0.3) is 0 Å². The fourth-order valence-corrected chi connectivity index (χ4v) is 1.17. The topological polar surface area (TPSA) is 101 Å². The molecule has 1 aromatic carbocycles. The molecule has 82 valence electrons. The summed E-state index contributed by atoms with van der Waals surface area (Å²) in [5.41, 5.74) is 4.61. The maximum absolute atomic E-state index is 11.4. The van der Waals surface area contributed by atoms with Gasteiger partial charge in [0.1, 0.15) is 5.75 Å². The Hall–Kier alpha value is -2.50. The average Bonchev–Trinajstić information content (AvgIpc) is 2.25. The zero-order valence-electron chi connectivity index (χ0n) is 8.18. The molecule has 0 atom stereocenters. The quantitative estimate of drug-likeness (QED) is 0.695. The van der Waals surface area contributed by atoms with Crippen LogP contribution >= 0.6 is 0 Å². The van der Waals surface area contributed by atoms with E-state index in [4.69, 9.17) is 10.5 Å². The number of aromatic amines is 1. The van der Waals surface area contributed by atoms with E-state index < -0.39 is 11.4 Å². The summed E-state index contributed by atoms with van der Waals surface area (Å²) in [4.78, 5) is 17.1. The molecule has 0 aliphatic rings. The van der Waals surface area contributed by atoms with Crippen molar-refractivity contribution in [1.29, 1.82) is 0 Å². The number of nitrogen functional groups attached to an aromatic ring is 1. The van der Waals surface area contributed by atoms with Crippen molar-refractivity contribution in [3.8, 4) is 17.4 Å². The van der Waals surface area contributed by atoms with Crippen molar-refractivity contribution in [1.82, 2.24) is 9.97 Å². The number of aromatic hydroxyl groups is 1. The second-order valence-corrected chi connectivity index (χ2v) is 3.02. The predicted octanol–water partition coefficient (Wildman–Crippen LogP) is 0.850.